The molecule has 0 aliphatic heterocycles. The van der Waals surface area contributed by atoms with E-state index in [9.17, 15) is 22.0 Å². The minimum atomic E-state index is -2.15. The first-order chi connectivity index (χ1) is 18.4. The predicted molar refractivity (Wildman–Crippen MR) is 147 cm³/mol. The molecule has 6 aromatic carbocycles. The molecule has 0 aliphatic rings. The fourth-order valence-electron chi connectivity index (χ4n) is 5.14. The molecular formula is C32H20F5S+. The van der Waals surface area contributed by atoms with Crippen molar-refractivity contribution in [3.05, 3.63) is 131 Å². The van der Waals surface area contributed by atoms with E-state index in [0.717, 1.165) is 37.9 Å². The quantitative estimate of drug-likeness (QED) is 0.0532. The smallest absolute Gasteiger partial charge is 0.200 e. The third-order valence-corrected chi connectivity index (χ3v) is 8.05. The lowest BCUT2D eigenvalue weighted by Crippen LogP contribution is -2.14. The van der Waals surface area contributed by atoms with E-state index in [-0.39, 0.29) is 0 Å². The van der Waals surface area contributed by atoms with Crippen LogP contribution in [-0.4, -0.2) is 6.26 Å². The standard InChI is InChI=1S/C32H19F5S/c1-38-32(26-27(33)29(35)31(37)30(36)28(26)34)25-9-5-4-8-24(25)20-11-10-19-14-22-12-17-6-2-3-7-18(17)13-23(22)16-21(19)15-20/h2-16,32H,1H3/p+1. The van der Waals surface area contributed by atoms with E-state index >= 15 is 0 Å². The van der Waals surface area contributed by atoms with Crippen LogP contribution in [0.2, 0.25) is 0 Å². The number of benzene rings is 6. The number of halogens is 5. The molecule has 0 amide bonds. The SMILES string of the molecule is C[SH+]C(c1ccccc1-c1ccc2cc3cc4ccccc4cc3cc2c1)c1c(F)c(F)c(F)c(F)c1F. The van der Waals surface area contributed by atoms with Crippen molar-refractivity contribution in [2.24, 2.45) is 0 Å². The monoisotopic (exact) mass is 531 g/mol. The number of hydrogen-bond acceptors (Lipinski definition) is 0. The van der Waals surface area contributed by atoms with Gasteiger partial charge >= 0.3 is 0 Å². The normalized spacial score (nSPS) is 12.5. The van der Waals surface area contributed by atoms with Crippen molar-refractivity contribution in [2.45, 2.75) is 5.25 Å². The lowest BCUT2D eigenvalue weighted by Gasteiger charge is -2.17. The van der Waals surface area contributed by atoms with Crippen LogP contribution in [0.4, 0.5) is 22.0 Å². The lowest BCUT2D eigenvalue weighted by atomic mass is 9.92. The molecule has 0 aliphatic carbocycles. The average Bonchev–Trinajstić information content (AvgIpc) is 2.95. The Balaban J connectivity index is 1.52. The number of hydrogen-bond donors (Lipinski definition) is 0. The van der Waals surface area contributed by atoms with Gasteiger partial charge in [0.1, 0.15) is 0 Å². The summed E-state index contributed by atoms with van der Waals surface area (Å²) in [5, 5.41) is 5.42. The van der Waals surface area contributed by atoms with Crippen LogP contribution in [0.1, 0.15) is 16.4 Å². The van der Waals surface area contributed by atoms with Crippen molar-refractivity contribution in [1.29, 1.82) is 0 Å². The molecule has 188 valence electrons. The van der Waals surface area contributed by atoms with Gasteiger partial charge in [-0.1, -0.05) is 60.7 Å². The van der Waals surface area contributed by atoms with Gasteiger partial charge in [0.25, 0.3) is 0 Å². The van der Waals surface area contributed by atoms with Crippen LogP contribution in [0.25, 0.3) is 43.4 Å². The average molecular weight is 532 g/mol. The van der Waals surface area contributed by atoms with E-state index in [1.807, 2.05) is 30.3 Å². The summed E-state index contributed by atoms with van der Waals surface area (Å²) in [6.45, 7) is 0. The predicted octanol–water partition coefficient (Wildman–Crippen LogP) is 9.04. The highest BCUT2D eigenvalue weighted by Gasteiger charge is 2.35. The van der Waals surface area contributed by atoms with Crippen molar-refractivity contribution in [1.82, 2.24) is 0 Å². The van der Waals surface area contributed by atoms with E-state index in [4.69, 9.17) is 0 Å². The Kier molecular flexibility index (Phi) is 6.07. The molecule has 0 bridgehead atoms. The molecule has 38 heavy (non-hydrogen) atoms. The molecule has 1 atom stereocenters. The molecule has 0 saturated carbocycles. The Labute approximate surface area is 219 Å². The molecule has 0 spiro atoms. The maximum absolute atomic E-state index is 14.8. The van der Waals surface area contributed by atoms with Gasteiger partial charge in [-0.25, -0.2) is 22.0 Å². The second kappa shape index (κ2) is 9.44. The fourth-order valence-corrected chi connectivity index (χ4v) is 6.13. The van der Waals surface area contributed by atoms with Crippen LogP contribution in [0, 0.1) is 29.1 Å². The Bertz CT molecular complexity index is 1850. The molecule has 6 rings (SSSR count). The molecule has 0 heterocycles. The molecule has 0 nitrogen and oxygen atoms in total. The van der Waals surface area contributed by atoms with Crippen LogP contribution >= 0.6 is 0 Å². The zero-order valence-corrected chi connectivity index (χ0v) is 21.0. The van der Waals surface area contributed by atoms with Crippen molar-refractivity contribution in [3.8, 4) is 11.1 Å². The zero-order chi connectivity index (χ0) is 26.6. The molecular weight excluding hydrogens is 511 g/mol. The van der Waals surface area contributed by atoms with E-state index in [1.165, 1.54) is 0 Å². The third kappa shape index (κ3) is 3.91. The van der Waals surface area contributed by atoms with Crippen molar-refractivity contribution in [3.63, 3.8) is 0 Å². The summed E-state index contributed by atoms with van der Waals surface area (Å²) in [5.74, 6) is -9.62. The van der Waals surface area contributed by atoms with E-state index in [0.29, 0.717) is 22.9 Å². The van der Waals surface area contributed by atoms with Gasteiger partial charge in [-0.05, 0) is 85.5 Å². The summed E-state index contributed by atoms with van der Waals surface area (Å²) in [6.07, 6.45) is 1.64. The Morgan fingerprint density at radius 1 is 0.500 bits per heavy atom. The van der Waals surface area contributed by atoms with E-state index < -0.39 is 39.9 Å². The van der Waals surface area contributed by atoms with Gasteiger partial charge < -0.3 is 0 Å². The number of rotatable bonds is 4. The maximum atomic E-state index is 14.8. The summed E-state index contributed by atoms with van der Waals surface area (Å²) in [4.78, 5) is 0. The van der Waals surface area contributed by atoms with E-state index in [1.54, 1.807) is 30.5 Å². The Morgan fingerprint density at radius 2 is 0.974 bits per heavy atom. The topological polar surface area (TPSA) is 0 Å². The summed E-state index contributed by atoms with van der Waals surface area (Å²) < 4.78 is 71.5. The Morgan fingerprint density at radius 3 is 1.58 bits per heavy atom. The van der Waals surface area contributed by atoms with Crippen molar-refractivity contribution in [2.75, 3.05) is 6.26 Å². The summed E-state index contributed by atoms with van der Waals surface area (Å²) in [6, 6.07) is 29.5. The molecule has 0 N–H and O–H groups in total. The van der Waals surface area contributed by atoms with Crippen LogP contribution in [-0.2, 0) is 11.8 Å². The van der Waals surface area contributed by atoms with Crippen LogP contribution in [0.15, 0.2) is 91.0 Å². The molecule has 6 aromatic rings. The second-order valence-corrected chi connectivity index (χ2v) is 10.2. The largest absolute Gasteiger partial charge is 0.203 e. The van der Waals surface area contributed by atoms with Gasteiger partial charge in [0.15, 0.2) is 28.5 Å². The minimum Gasteiger partial charge on any atom is -0.203 e. The van der Waals surface area contributed by atoms with Gasteiger partial charge in [-0.2, -0.15) is 0 Å². The van der Waals surface area contributed by atoms with Gasteiger partial charge in [-0.15, -0.1) is 0 Å². The van der Waals surface area contributed by atoms with Crippen molar-refractivity contribution >= 4 is 44.1 Å². The van der Waals surface area contributed by atoms with Crippen LogP contribution in [0.3, 0.4) is 0 Å². The highest BCUT2D eigenvalue weighted by molar-refractivity contribution is 7.78. The first-order valence-electron chi connectivity index (χ1n) is 11.9. The highest BCUT2D eigenvalue weighted by Crippen LogP contribution is 2.39. The fraction of sp³-hybridized carbons (Fsp3) is 0.0625. The van der Waals surface area contributed by atoms with Gasteiger partial charge in [0, 0.05) is 5.56 Å². The number of thiol groups is 1. The summed E-state index contributed by atoms with van der Waals surface area (Å²) >= 11 is 0.429. The van der Waals surface area contributed by atoms with Gasteiger partial charge in [-0.3, -0.25) is 0 Å². The first-order valence-corrected chi connectivity index (χ1v) is 13.3. The van der Waals surface area contributed by atoms with Gasteiger partial charge in [0.05, 0.1) is 11.8 Å². The third-order valence-electron chi connectivity index (χ3n) is 7.00. The molecule has 0 aromatic heterocycles. The van der Waals surface area contributed by atoms with E-state index in [2.05, 4.69) is 36.4 Å². The molecule has 0 radical (unpaired) electrons. The summed E-state index contributed by atoms with van der Waals surface area (Å²) in [7, 11) is 0. The van der Waals surface area contributed by atoms with Crippen molar-refractivity contribution < 1.29 is 22.0 Å². The molecule has 0 fully saturated rings. The molecule has 0 saturated heterocycles. The maximum Gasteiger partial charge on any atom is 0.200 e. The molecule has 1 unspecified atom stereocenters. The number of fused-ring (bicyclic) bond motifs is 3. The Hall–Kier alpha value is -3.90. The van der Waals surface area contributed by atoms with Crippen LogP contribution < -0.4 is 0 Å². The van der Waals surface area contributed by atoms with Crippen LogP contribution in [0.5, 0.6) is 0 Å². The zero-order valence-electron chi connectivity index (χ0n) is 20.1. The second-order valence-electron chi connectivity index (χ2n) is 9.19. The summed E-state index contributed by atoms with van der Waals surface area (Å²) in [5.41, 5.74) is 1.10. The van der Waals surface area contributed by atoms with Gasteiger partial charge in [0.2, 0.25) is 5.82 Å². The molecule has 6 heteroatoms. The highest BCUT2D eigenvalue weighted by atomic mass is 32.2. The minimum absolute atomic E-state index is 0.429. The lowest BCUT2D eigenvalue weighted by molar-refractivity contribution is 0.371. The first kappa shape index (κ1) is 24.4.